The first-order valence-corrected chi connectivity index (χ1v) is 11.9. The van der Waals surface area contributed by atoms with Crippen LogP contribution in [0.4, 0.5) is 0 Å². The van der Waals surface area contributed by atoms with Crippen molar-refractivity contribution in [2.45, 2.75) is 17.9 Å². The monoisotopic (exact) mass is 440 g/mol. The first-order valence-electron chi connectivity index (χ1n) is 10.1. The van der Waals surface area contributed by atoms with Gasteiger partial charge in [0.15, 0.2) is 0 Å². The van der Waals surface area contributed by atoms with E-state index in [4.69, 9.17) is 11.6 Å². The lowest BCUT2D eigenvalue weighted by Gasteiger charge is -2.39. The van der Waals surface area contributed by atoms with E-state index in [1.165, 1.54) is 11.1 Å². The minimum atomic E-state index is -3.57. The number of sulfonamides is 1. The molecule has 1 aliphatic heterocycles. The van der Waals surface area contributed by atoms with Crippen molar-refractivity contribution in [2.75, 3.05) is 26.2 Å². The zero-order valence-electron chi connectivity index (χ0n) is 16.9. The van der Waals surface area contributed by atoms with Crippen molar-refractivity contribution in [3.05, 3.63) is 101 Å². The van der Waals surface area contributed by atoms with E-state index in [9.17, 15) is 8.42 Å². The van der Waals surface area contributed by atoms with Crippen LogP contribution in [0.25, 0.3) is 0 Å². The van der Waals surface area contributed by atoms with Gasteiger partial charge in [0.1, 0.15) is 0 Å². The van der Waals surface area contributed by atoms with Crippen molar-refractivity contribution in [1.82, 2.24) is 9.21 Å². The van der Waals surface area contributed by atoms with Gasteiger partial charge in [0, 0.05) is 31.2 Å². The first-order chi connectivity index (χ1) is 14.5. The van der Waals surface area contributed by atoms with Crippen LogP contribution in [0.5, 0.6) is 0 Å². The lowest BCUT2D eigenvalue weighted by molar-refractivity contribution is 0.156. The summed E-state index contributed by atoms with van der Waals surface area (Å²) in [5, 5.41) is 0.436. The lowest BCUT2D eigenvalue weighted by atomic mass is 9.96. The number of piperazine rings is 1. The fourth-order valence-electron chi connectivity index (χ4n) is 4.08. The van der Waals surface area contributed by atoms with Crippen LogP contribution in [0.1, 0.15) is 22.7 Å². The summed E-state index contributed by atoms with van der Waals surface area (Å²) in [6.45, 7) is 4.02. The summed E-state index contributed by atoms with van der Waals surface area (Å²) in [7, 11) is -3.57. The summed E-state index contributed by atoms with van der Waals surface area (Å²) in [6.07, 6.45) is 0. The molecule has 0 radical (unpaired) electrons. The minimum Gasteiger partial charge on any atom is -0.290 e. The van der Waals surface area contributed by atoms with E-state index < -0.39 is 10.0 Å². The van der Waals surface area contributed by atoms with E-state index in [2.05, 4.69) is 29.2 Å². The molecule has 0 aliphatic carbocycles. The Balaban J connectivity index is 1.57. The Kier molecular flexibility index (Phi) is 6.25. The first kappa shape index (κ1) is 21.1. The number of rotatable bonds is 5. The fraction of sp³-hybridized carbons (Fsp3) is 0.250. The van der Waals surface area contributed by atoms with Crippen LogP contribution in [0, 0.1) is 6.92 Å². The van der Waals surface area contributed by atoms with E-state index >= 15 is 0 Å². The van der Waals surface area contributed by atoms with Crippen molar-refractivity contribution in [3.63, 3.8) is 0 Å². The summed E-state index contributed by atoms with van der Waals surface area (Å²) in [6, 6.07) is 25.9. The molecule has 156 valence electrons. The second-order valence-corrected chi connectivity index (χ2v) is 9.92. The van der Waals surface area contributed by atoms with Crippen LogP contribution in [-0.4, -0.2) is 43.8 Å². The Morgan fingerprint density at radius 2 is 1.33 bits per heavy atom. The van der Waals surface area contributed by atoms with Crippen molar-refractivity contribution >= 4 is 21.6 Å². The summed E-state index contributed by atoms with van der Waals surface area (Å²) < 4.78 is 28.0. The highest BCUT2D eigenvalue weighted by atomic mass is 35.5. The third-order valence-corrected chi connectivity index (χ3v) is 7.91. The van der Waals surface area contributed by atoms with Gasteiger partial charge < -0.3 is 0 Å². The summed E-state index contributed by atoms with van der Waals surface area (Å²) in [5.41, 5.74) is 3.14. The molecule has 0 bridgehead atoms. The molecule has 0 N–H and O–H groups in total. The van der Waals surface area contributed by atoms with Gasteiger partial charge in [-0.2, -0.15) is 4.31 Å². The second kappa shape index (κ2) is 8.90. The van der Waals surface area contributed by atoms with Crippen LogP contribution in [0.15, 0.2) is 83.8 Å². The maximum Gasteiger partial charge on any atom is 0.243 e. The molecule has 3 aromatic rings. The van der Waals surface area contributed by atoms with Gasteiger partial charge in [0.2, 0.25) is 10.0 Å². The lowest BCUT2D eigenvalue weighted by Crippen LogP contribution is -2.49. The summed E-state index contributed by atoms with van der Waals surface area (Å²) >= 11 is 6.07. The molecule has 1 fully saturated rings. The smallest absolute Gasteiger partial charge is 0.243 e. The molecule has 0 unspecified atom stereocenters. The maximum absolute atomic E-state index is 13.2. The Labute approximate surface area is 183 Å². The molecule has 0 saturated carbocycles. The average Bonchev–Trinajstić information content (AvgIpc) is 2.77. The highest BCUT2D eigenvalue weighted by molar-refractivity contribution is 7.89. The molecular formula is C24H25ClN2O2S. The molecule has 0 atom stereocenters. The number of benzene rings is 3. The fourth-order valence-corrected chi connectivity index (χ4v) is 5.99. The molecule has 1 heterocycles. The number of nitrogens with zero attached hydrogens (tertiary/aromatic N) is 2. The molecule has 3 aromatic carbocycles. The van der Waals surface area contributed by atoms with Crippen LogP contribution in [0.2, 0.25) is 5.02 Å². The molecule has 1 aliphatic rings. The zero-order chi connectivity index (χ0) is 21.1. The van der Waals surface area contributed by atoms with Gasteiger partial charge in [0.05, 0.1) is 10.9 Å². The SMILES string of the molecule is Cc1ccc(Cl)cc1S(=O)(=O)N1CCN(C(c2ccccc2)c2ccccc2)CC1. The minimum absolute atomic E-state index is 0.102. The molecular weight excluding hydrogens is 416 g/mol. The molecule has 30 heavy (non-hydrogen) atoms. The van der Waals surface area contributed by atoms with Gasteiger partial charge >= 0.3 is 0 Å². The van der Waals surface area contributed by atoms with E-state index in [1.807, 2.05) is 36.4 Å². The zero-order valence-corrected chi connectivity index (χ0v) is 18.5. The number of aryl methyl sites for hydroxylation is 1. The van der Waals surface area contributed by atoms with Crippen LogP contribution < -0.4 is 0 Å². The van der Waals surface area contributed by atoms with E-state index in [-0.39, 0.29) is 6.04 Å². The van der Waals surface area contributed by atoms with Crippen LogP contribution in [0.3, 0.4) is 0 Å². The normalized spacial score (nSPS) is 16.1. The van der Waals surface area contributed by atoms with Gasteiger partial charge in [-0.05, 0) is 35.7 Å². The maximum atomic E-state index is 13.2. The predicted molar refractivity (Wildman–Crippen MR) is 121 cm³/mol. The Hall–Kier alpha value is -2.18. The molecule has 0 aromatic heterocycles. The molecule has 0 spiro atoms. The standard InChI is InChI=1S/C24H25ClN2O2S/c1-19-12-13-22(25)18-23(19)30(28,29)27-16-14-26(15-17-27)24(20-8-4-2-5-9-20)21-10-6-3-7-11-21/h2-13,18,24H,14-17H2,1H3. The molecule has 0 amide bonds. The average molecular weight is 441 g/mol. The van der Waals surface area contributed by atoms with E-state index in [0.717, 1.165) is 0 Å². The van der Waals surface area contributed by atoms with Gasteiger partial charge in [-0.1, -0.05) is 78.3 Å². The summed E-state index contributed by atoms with van der Waals surface area (Å²) in [5.74, 6) is 0. The number of halogens is 1. The molecule has 4 rings (SSSR count). The molecule has 4 nitrogen and oxygen atoms in total. The third-order valence-electron chi connectivity index (χ3n) is 5.64. The van der Waals surface area contributed by atoms with Crippen molar-refractivity contribution in [2.24, 2.45) is 0 Å². The van der Waals surface area contributed by atoms with Gasteiger partial charge in [0.25, 0.3) is 0 Å². The largest absolute Gasteiger partial charge is 0.290 e. The van der Waals surface area contributed by atoms with E-state index in [1.54, 1.807) is 29.4 Å². The second-order valence-electron chi connectivity index (χ2n) is 7.57. The topological polar surface area (TPSA) is 40.6 Å². The van der Waals surface area contributed by atoms with Crippen LogP contribution in [-0.2, 0) is 10.0 Å². The highest BCUT2D eigenvalue weighted by Gasteiger charge is 2.33. The molecule has 1 saturated heterocycles. The van der Waals surface area contributed by atoms with Crippen molar-refractivity contribution in [3.8, 4) is 0 Å². The van der Waals surface area contributed by atoms with Crippen molar-refractivity contribution < 1.29 is 8.42 Å². The van der Waals surface area contributed by atoms with Crippen molar-refractivity contribution in [1.29, 1.82) is 0 Å². The van der Waals surface area contributed by atoms with Gasteiger partial charge in [-0.15, -0.1) is 0 Å². The Morgan fingerprint density at radius 1 is 0.800 bits per heavy atom. The highest BCUT2D eigenvalue weighted by Crippen LogP contribution is 2.31. The Morgan fingerprint density at radius 3 is 1.87 bits per heavy atom. The Bertz CT molecular complexity index is 1060. The van der Waals surface area contributed by atoms with Gasteiger partial charge in [-0.3, -0.25) is 4.90 Å². The number of hydrogen-bond donors (Lipinski definition) is 0. The van der Waals surface area contributed by atoms with Gasteiger partial charge in [-0.25, -0.2) is 8.42 Å². The predicted octanol–water partition coefficient (Wildman–Crippen LogP) is 4.74. The van der Waals surface area contributed by atoms with Crippen LogP contribution >= 0.6 is 11.6 Å². The molecule has 6 heteroatoms. The summed E-state index contributed by atoms with van der Waals surface area (Å²) in [4.78, 5) is 2.66. The third kappa shape index (κ3) is 4.30. The van der Waals surface area contributed by atoms with E-state index in [0.29, 0.717) is 41.7 Å². The quantitative estimate of drug-likeness (QED) is 0.575. The number of hydrogen-bond acceptors (Lipinski definition) is 3.